The van der Waals surface area contributed by atoms with Crippen molar-refractivity contribution in [3.05, 3.63) is 29.7 Å². The first-order valence-electron chi connectivity index (χ1n) is 8.12. The van der Waals surface area contributed by atoms with Crippen LogP contribution >= 0.6 is 0 Å². The van der Waals surface area contributed by atoms with E-state index in [0.29, 0.717) is 18.5 Å². The third kappa shape index (κ3) is 3.55. The minimum Gasteiger partial charge on any atom is -0.337 e. The van der Waals surface area contributed by atoms with E-state index in [1.807, 2.05) is 35.6 Å². The van der Waals surface area contributed by atoms with Crippen LogP contribution < -0.4 is 10.6 Å². The molecule has 0 aromatic carbocycles. The molecule has 1 aliphatic carbocycles. The van der Waals surface area contributed by atoms with Gasteiger partial charge in [0.2, 0.25) is 0 Å². The summed E-state index contributed by atoms with van der Waals surface area (Å²) in [6, 6.07) is 2.09. The number of nitrogens with zero attached hydrogens (tertiary/aromatic N) is 4. The highest BCUT2D eigenvalue weighted by Crippen LogP contribution is 2.40. The molecule has 0 radical (unpaired) electrons. The molecule has 7 heteroatoms. The van der Waals surface area contributed by atoms with E-state index >= 15 is 0 Å². The number of aryl methyl sites for hydroxylation is 2. The average Bonchev–Trinajstić information content (AvgIpc) is 3.21. The molecule has 23 heavy (non-hydrogen) atoms. The van der Waals surface area contributed by atoms with Crippen LogP contribution in [0.2, 0.25) is 0 Å². The molecule has 7 nitrogen and oxygen atoms in total. The summed E-state index contributed by atoms with van der Waals surface area (Å²) in [6.45, 7) is 4.70. The zero-order valence-corrected chi connectivity index (χ0v) is 13.9. The number of rotatable bonds is 6. The molecule has 1 fully saturated rings. The molecule has 2 amide bonds. The molecular formula is C16H24N6O. The molecule has 1 saturated carbocycles. The molecule has 1 aliphatic rings. The summed E-state index contributed by atoms with van der Waals surface area (Å²) in [7, 11) is 1.90. The molecule has 2 aromatic rings. The Labute approximate surface area is 136 Å². The second-order valence-electron chi connectivity index (χ2n) is 6.28. The van der Waals surface area contributed by atoms with Crippen LogP contribution in [0.15, 0.2) is 18.5 Å². The van der Waals surface area contributed by atoms with Crippen LogP contribution in [0.1, 0.15) is 37.1 Å². The molecule has 0 saturated heterocycles. The van der Waals surface area contributed by atoms with Crippen molar-refractivity contribution in [1.82, 2.24) is 24.9 Å². The van der Waals surface area contributed by atoms with E-state index < -0.39 is 0 Å². The van der Waals surface area contributed by atoms with Crippen LogP contribution in [0.4, 0.5) is 10.6 Å². The normalized spacial score (nSPS) is 15.4. The molecule has 2 N–H and O–H groups in total. The number of aromatic nitrogens is 4. The number of hydrogen-bond acceptors (Lipinski definition) is 3. The number of amides is 2. The molecule has 3 rings (SSSR count). The topological polar surface area (TPSA) is 76.8 Å². The maximum atomic E-state index is 12.2. The Balaban J connectivity index is 1.55. The van der Waals surface area contributed by atoms with Crippen molar-refractivity contribution in [2.75, 3.05) is 11.9 Å². The lowest BCUT2D eigenvalue weighted by molar-refractivity contribution is 0.252. The van der Waals surface area contributed by atoms with Crippen molar-refractivity contribution in [1.29, 1.82) is 0 Å². The van der Waals surface area contributed by atoms with Gasteiger partial charge in [-0.3, -0.25) is 10.00 Å². The van der Waals surface area contributed by atoms with Gasteiger partial charge < -0.3 is 5.32 Å². The summed E-state index contributed by atoms with van der Waals surface area (Å²) in [5, 5.41) is 14.4. The Morgan fingerprint density at radius 2 is 2.22 bits per heavy atom. The van der Waals surface area contributed by atoms with E-state index in [2.05, 4.69) is 27.8 Å². The van der Waals surface area contributed by atoms with Crippen LogP contribution in [-0.2, 0) is 13.5 Å². The standard InChI is InChI=1S/C16H24N6O/c1-11-10-19-22(12(2)13-4-5-13)15(11)20-16(23)17-8-6-14-7-9-18-21(14)3/h7,9-10,12-13H,4-6,8H2,1-3H3,(H2,17,20,23)/t12-/m0/s1. The van der Waals surface area contributed by atoms with Gasteiger partial charge in [0.1, 0.15) is 5.82 Å². The predicted molar refractivity (Wildman–Crippen MR) is 88.3 cm³/mol. The van der Waals surface area contributed by atoms with Crippen molar-refractivity contribution < 1.29 is 4.79 Å². The zero-order chi connectivity index (χ0) is 16.4. The molecule has 2 heterocycles. The highest BCUT2D eigenvalue weighted by atomic mass is 16.2. The highest BCUT2D eigenvalue weighted by Gasteiger charge is 2.31. The van der Waals surface area contributed by atoms with Gasteiger partial charge in [-0.05, 0) is 38.7 Å². The Morgan fingerprint density at radius 1 is 1.43 bits per heavy atom. The number of hydrogen-bond donors (Lipinski definition) is 2. The van der Waals surface area contributed by atoms with Crippen molar-refractivity contribution >= 4 is 11.8 Å². The van der Waals surface area contributed by atoms with Gasteiger partial charge in [0, 0.05) is 37.5 Å². The van der Waals surface area contributed by atoms with Crippen molar-refractivity contribution in [2.45, 2.75) is 39.2 Å². The van der Waals surface area contributed by atoms with Crippen molar-refractivity contribution in [2.24, 2.45) is 13.0 Å². The van der Waals surface area contributed by atoms with Crippen LogP contribution in [0.5, 0.6) is 0 Å². The second-order valence-corrected chi connectivity index (χ2v) is 6.28. The molecule has 0 bridgehead atoms. The fourth-order valence-electron chi connectivity index (χ4n) is 2.79. The summed E-state index contributed by atoms with van der Waals surface area (Å²) >= 11 is 0. The number of nitrogens with one attached hydrogen (secondary N) is 2. The molecule has 1 atom stereocenters. The lowest BCUT2D eigenvalue weighted by Crippen LogP contribution is -2.32. The predicted octanol–water partition coefficient (Wildman–Crippen LogP) is 2.26. The Hall–Kier alpha value is -2.31. The van der Waals surface area contributed by atoms with Gasteiger partial charge in [-0.2, -0.15) is 10.2 Å². The number of anilines is 1. The summed E-state index contributed by atoms with van der Waals surface area (Å²) in [5.74, 6) is 1.48. The van der Waals surface area contributed by atoms with Gasteiger partial charge in [0.25, 0.3) is 0 Å². The Morgan fingerprint density at radius 3 is 2.87 bits per heavy atom. The highest BCUT2D eigenvalue weighted by molar-refractivity contribution is 5.89. The summed E-state index contributed by atoms with van der Waals surface area (Å²) < 4.78 is 3.75. The zero-order valence-electron chi connectivity index (χ0n) is 13.9. The van der Waals surface area contributed by atoms with E-state index in [4.69, 9.17) is 0 Å². The van der Waals surface area contributed by atoms with Crippen LogP contribution in [-0.4, -0.2) is 32.1 Å². The first-order chi connectivity index (χ1) is 11.1. The molecule has 124 valence electrons. The summed E-state index contributed by atoms with van der Waals surface area (Å²) in [5.41, 5.74) is 2.08. The average molecular weight is 316 g/mol. The SMILES string of the molecule is Cc1cnn([C@@H](C)C2CC2)c1NC(=O)NCCc1ccnn1C. The first-order valence-corrected chi connectivity index (χ1v) is 8.12. The van der Waals surface area contributed by atoms with E-state index in [1.54, 1.807) is 6.20 Å². The Bertz CT molecular complexity index is 685. The monoisotopic (exact) mass is 316 g/mol. The Kier molecular flexibility index (Phi) is 4.36. The lowest BCUT2D eigenvalue weighted by atomic mass is 10.2. The van der Waals surface area contributed by atoms with E-state index in [9.17, 15) is 4.79 Å². The third-order valence-electron chi connectivity index (χ3n) is 4.49. The largest absolute Gasteiger partial charge is 0.337 e. The molecule has 0 spiro atoms. The maximum Gasteiger partial charge on any atom is 0.320 e. The molecule has 0 aliphatic heterocycles. The van der Waals surface area contributed by atoms with Gasteiger partial charge in [-0.1, -0.05) is 0 Å². The van der Waals surface area contributed by atoms with E-state index in [-0.39, 0.29) is 6.03 Å². The van der Waals surface area contributed by atoms with E-state index in [0.717, 1.165) is 23.5 Å². The number of urea groups is 1. The van der Waals surface area contributed by atoms with Gasteiger partial charge in [-0.15, -0.1) is 0 Å². The molecular weight excluding hydrogens is 292 g/mol. The fourth-order valence-corrected chi connectivity index (χ4v) is 2.79. The quantitative estimate of drug-likeness (QED) is 0.858. The number of carbonyl (C=O) groups excluding carboxylic acids is 1. The lowest BCUT2D eigenvalue weighted by Gasteiger charge is -2.16. The van der Waals surface area contributed by atoms with Gasteiger partial charge >= 0.3 is 6.03 Å². The van der Waals surface area contributed by atoms with Crippen molar-refractivity contribution in [3.63, 3.8) is 0 Å². The minimum absolute atomic E-state index is 0.194. The van der Waals surface area contributed by atoms with Crippen LogP contribution in [0, 0.1) is 12.8 Å². The van der Waals surface area contributed by atoms with Crippen molar-refractivity contribution in [3.8, 4) is 0 Å². The van der Waals surface area contributed by atoms with Gasteiger partial charge in [-0.25, -0.2) is 9.48 Å². The second kappa shape index (κ2) is 6.44. The summed E-state index contributed by atoms with van der Waals surface area (Å²) in [4.78, 5) is 12.2. The molecule has 2 aromatic heterocycles. The first kappa shape index (κ1) is 15.6. The number of carbonyl (C=O) groups is 1. The maximum absolute atomic E-state index is 12.2. The van der Waals surface area contributed by atoms with Gasteiger partial charge in [0.05, 0.1) is 12.2 Å². The van der Waals surface area contributed by atoms with E-state index in [1.165, 1.54) is 12.8 Å². The fraction of sp³-hybridized carbons (Fsp3) is 0.562. The van der Waals surface area contributed by atoms with Crippen LogP contribution in [0.3, 0.4) is 0 Å². The smallest absolute Gasteiger partial charge is 0.320 e. The summed E-state index contributed by atoms with van der Waals surface area (Å²) in [6.07, 6.45) is 6.81. The molecule has 0 unspecified atom stereocenters. The van der Waals surface area contributed by atoms with Gasteiger partial charge in [0.15, 0.2) is 0 Å². The third-order valence-corrected chi connectivity index (χ3v) is 4.49. The van der Waals surface area contributed by atoms with Crippen LogP contribution in [0.25, 0.3) is 0 Å². The minimum atomic E-state index is -0.194.